The maximum atomic E-state index is 12.1. The fraction of sp³-hybridized carbons (Fsp3) is 0.444. The van der Waals surface area contributed by atoms with Crippen LogP contribution >= 0.6 is 0 Å². The first kappa shape index (κ1) is 17.9. The van der Waals surface area contributed by atoms with E-state index in [1.54, 1.807) is 18.5 Å². The maximum absolute atomic E-state index is 12.1. The number of rotatable bonds is 6. The number of aryl methyl sites for hydroxylation is 1. The molecule has 1 aliphatic heterocycles. The number of anilines is 2. The van der Waals surface area contributed by atoms with E-state index in [0.29, 0.717) is 18.7 Å². The van der Waals surface area contributed by atoms with Gasteiger partial charge < -0.3 is 20.1 Å². The normalized spacial score (nSPS) is 16.8. The third kappa shape index (κ3) is 4.01. The molecule has 0 spiro atoms. The molecule has 1 aliphatic rings. The zero-order chi connectivity index (χ0) is 18.5. The number of benzene rings is 1. The van der Waals surface area contributed by atoms with Crippen LogP contribution in [-0.4, -0.2) is 32.7 Å². The van der Waals surface area contributed by atoms with Crippen molar-refractivity contribution in [2.24, 2.45) is 0 Å². The molecule has 1 aromatic heterocycles. The van der Waals surface area contributed by atoms with Crippen molar-refractivity contribution < 1.29 is 9.59 Å². The summed E-state index contributed by atoms with van der Waals surface area (Å²) < 4.78 is 1.92. The van der Waals surface area contributed by atoms with Crippen LogP contribution in [0.25, 0.3) is 0 Å². The molecular weight excluding hydrogens is 332 g/mol. The van der Waals surface area contributed by atoms with Crippen molar-refractivity contribution in [1.29, 1.82) is 0 Å². The summed E-state index contributed by atoms with van der Waals surface area (Å²) in [5.74, 6) is 0.867. The Morgan fingerprint density at radius 2 is 2.08 bits per heavy atom. The van der Waals surface area contributed by atoms with Crippen molar-refractivity contribution in [3.05, 3.63) is 36.4 Å². The Balaban J connectivity index is 1.54. The number of hydrogen-bond acceptors (Lipinski definition) is 4. The van der Waals surface area contributed by atoms with Gasteiger partial charge in [-0.25, -0.2) is 4.79 Å². The average molecular weight is 356 g/mol. The van der Waals surface area contributed by atoms with Gasteiger partial charge in [0.15, 0.2) is 5.82 Å². The van der Waals surface area contributed by atoms with Crippen molar-refractivity contribution in [3.8, 4) is 0 Å². The summed E-state index contributed by atoms with van der Waals surface area (Å²) in [5.41, 5.74) is 1.53. The third-order valence-corrected chi connectivity index (χ3v) is 4.46. The second-order valence-corrected chi connectivity index (χ2v) is 6.45. The van der Waals surface area contributed by atoms with E-state index in [4.69, 9.17) is 0 Å². The zero-order valence-corrected chi connectivity index (χ0v) is 15.1. The highest BCUT2D eigenvalue weighted by atomic mass is 16.2. The van der Waals surface area contributed by atoms with E-state index in [0.717, 1.165) is 30.9 Å². The van der Waals surface area contributed by atoms with E-state index in [2.05, 4.69) is 27.8 Å². The van der Waals surface area contributed by atoms with Gasteiger partial charge in [-0.2, -0.15) is 0 Å². The third-order valence-electron chi connectivity index (χ3n) is 4.46. The average Bonchev–Trinajstić information content (AvgIpc) is 3.21. The van der Waals surface area contributed by atoms with Crippen molar-refractivity contribution in [2.75, 3.05) is 10.2 Å². The molecule has 0 bridgehead atoms. The lowest BCUT2D eigenvalue weighted by atomic mass is 10.2. The van der Waals surface area contributed by atoms with Gasteiger partial charge in [-0.15, -0.1) is 10.2 Å². The first-order valence-corrected chi connectivity index (χ1v) is 8.92. The van der Waals surface area contributed by atoms with E-state index >= 15 is 0 Å². The fourth-order valence-corrected chi connectivity index (χ4v) is 3.11. The van der Waals surface area contributed by atoms with Crippen molar-refractivity contribution in [3.63, 3.8) is 0 Å². The Kier molecular flexibility index (Phi) is 5.50. The molecule has 2 N–H and O–H groups in total. The van der Waals surface area contributed by atoms with Crippen LogP contribution in [0.1, 0.15) is 38.9 Å². The predicted molar refractivity (Wildman–Crippen MR) is 98.8 cm³/mol. The van der Waals surface area contributed by atoms with Gasteiger partial charge in [0.1, 0.15) is 6.33 Å². The topological polar surface area (TPSA) is 92.2 Å². The minimum absolute atomic E-state index is 0.146. The fourth-order valence-electron chi connectivity index (χ4n) is 3.11. The summed E-state index contributed by atoms with van der Waals surface area (Å²) in [6.07, 6.45) is 4.11. The van der Waals surface area contributed by atoms with Crippen LogP contribution in [0.5, 0.6) is 0 Å². The van der Waals surface area contributed by atoms with Crippen molar-refractivity contribution in [2.45, 2.75) is 52.2 Å². The largest absolute Gasteiger partial charge is 0.331 e. The molecule has 0 aliphatic carbocycles. The van der Waals surface area contributed by atoms with Crippen LogP contribution in [0.2, 0.25) is 0 Å². The van der Waals surface area contributed by atoms with Crippen LogP contribution in [-0.2, 0) is 17.9 Å². The Bertz CT molecular complexity index is 770. The van der Waals surface area contributed by atoms with Gasteiger partial charge in [0.2, 0.25) is 5.91 Å². The number of hydrogen-bond donors (Lipinski definition) is 2. The minimum Gasteiger partial charge on any atom is -0.331 e. The Morgan fingerprint density at radius 1 is 1.31 bits per heavy atom. The number of nitrogens with zero attached hydrogens (tertiary/aromatic N) is 4. The van der Waals surface area contributed by atoms with Crippen LogP contribution in [0.3, 0.4) is 0 Å². The molecule has 3 amide bonds. The Labute approximate surface area is 152 Å². The molecule has 2 heterocycles. The molecule has 138 valence electrons. The van der Waals surface area contributed by atoms with E-state index in [-0.39, 0.29) is 18.0 Å². The molecule has 0 saturated carbocycles. The summed E-state index contributed by atoms with van der Waals surface area (Å²) in [6.45, 7) is 5.25. The van der Waals surface area contributed by atoms with Gasteiger partial charge in [0.25, 0.3) is 0 Å². The number of carbonyl (C=O) groups is 2. The maximum Gasteiger partial charge on any atom is 0.319 e. The smallest absolute Gasteiger partial charge is 0.319 e. The second-order valence-electron chi connectivity index (χ2n) is 6.45. The molecule has 0 radical (unpaired) electrons. The molecule has 1 fully saturated rings. The standard InChI is InChI=1S/C18H24N6O2/c1-3-10-23-12-20-22-16(23)11-19-18(26)21-14-5-7-15(8-6-14)24-13(2)4-9-17(24)25/h5-8,12-13H,3-4,9-11H2,1-2H3,(H2,19,21,26)/t13-/m1/s1. The van der Waals surface area contributed by atoms with Crippen molar-refractivity contribution >= 4 is 23.3 Å². The number of amides is 3. The molecule has 8 nitrogen and oxygen atoms in total. The van der Waals surface area contributed by atoms with Crippen LogP contribution < -0.4 is 15.5 Å². The lowest BCUT2D eigenvalue weighted by molar-refractivity contribution is -0.117. The van der Waals surface area contributed by atoms with Gasteiger partial charge in [0, 0.05) is 30.4 Å². The van der Waals surface area contributed by atoms with Gasteiger partial charge in [-0.1, -0.05) is 6.92 Å². The Morgan fingerprint density at radius 3 is 2.73 bits per heavy atom. The van der Waals surface area contributed by atoms with Crippen LogP contribution in [0.15, 0.2) is 30.6 Å². The molecule has 0 unspecified atom stereocenters. The lowest BCUT2D eigenvalue weighted by Gasteiger charge is -2.22. The molecule has 1 aromatic carbocycles. The van der Waals surface area contributed by atoms with Gasteiger partial charge in [-0.3, -0.25) is 4.79 Å². The summed E-state index contributed by atoms with van der Waals surface area (Å²) in [6, 6.07) is 7.21. The quantitative estimate of drug-likeness (QED) is 0.832. The predicted octanol–water partition coefficient (Wildman–Crippen LogP) is 2.53. The van der Waals surface area contributed by atoms with Crippen molar-refractivity contribution in [1.82, 2.24) is 20.1 Å². The second kappa shape index (κ2) is 7.99. The molecule has 1 saturated heterocycles. The van der Waals surface area contributed by atoms with Crippen LogP contribution in [0, 0.1) is 0 Å². The summed E-state index contributed by atoms with van der Waals surface area (Å²) in [5, 5.41) is 13.5. The molecule has 1 atom stereocenters. The molecule has 2 aromatic rings. The highest BCUT2D eigenvalue weighted by molar-refractivity contribution is 5.96. The monoisotopic (exact) mass is 356 g/mol. The number of nitrogens with one attached hydrogen (secondary N) is 2. The lowest BCUT2D eigenvalue weighted by Crippen LogP contribution is -2.31. The van der Waals surface area contributed by atoms with Gasteiger partial charge in [-0.05, 0) is 44.0 Å². The zero-order valence-electron chi connectivity index (χ0n) is 15.1. The minimum atomic E-state index is -0.311. The van der Waals surface area contributed by atoms with Gasteiger partial charge in [0.05, 0.1) is 6.54 Å². The number of aromatic nitrogens is 3. The van der Waals surface area contributed by atoms with E-state index in [9.17, 15) is 9.59 Å². The highest BCUT2D eigenvalue weighted by Gasteiger charge is 2.28. The first-order chi connectivity index (χ1) is 12.6. The van der Waals surface area contributed by atoms with E-state index < -0.39 is 0 Å². The van der Waals surface area contributed by atoms with Gasteiger partial charge >= 0.3 is 6.03 Å². The molecule has 26 heavy (non-hydrogen) atoms. The summed E-state index contributed by atoms with van der Waals surface area (Å²) in [4.78, 5) is 25.8. The Hall–Kier alpha value is -2.90. The molecular formula is C18H24N6O2. The summed E-state index contributed by atoms with van der Waals surface area (Å²) >= 11 is 0. The number of carbonyl (C=O) groups excluding carboxylic acids is 2. The molecule has 8 heteroatoms. The highest BCUT2D eigenvalue weighted by Crippen LogP contribution is 2.27. The number of urea groups is 1. The van der Waals surface area contributed by atoms with Crippen LogP contribution in [0.4, 0.5) is 16.2 Å². The SMILES string of the molecule is CCCn1cnnc1CNC(=O)Nc1ccc(N2C(=O)CC[C@H]2C)cc1. The molecule has 3 rings (SSSR count). The first-order valence-electron chi connectivity index (χ1n) is 8.92. The summed E-state index contributed by atoms with van der Waals surface area (Å²) in [7, 11) is 0. The van der Waals surface area contributed by atoms with E-state index in [1.165, 1.54) is 0 Å². The van der Waals surface area contributed by atoms with E-state index in [1.807, 2.05) is 28.5 Å².